The number of rotatable bonds is 4. The van der Waals surface area contributed by atoms with Crippen molar-refractivity contribution < 1.29 is 17.6 Å². The molecule has 1 saturated heterocycles. The molecule has 0 aromatic heterocycles. The Bertz CT molecular complexity index is 843. The summed E-state index contributed by atoms with van der Waals surface area (Å²) >= 11 is 0. The zero-order valence-corrected chi connectivity index (χ0v) is 16.0. The molecule has 1 aliphatic heterocycles. The van der Waals surface area contributed by atoms with E-state index in [4.69, 9.17) is 0 Å². The number of halogens is 4. The predicted molar refractivity (Wildman–Crippen MR) is 102 cm³/mol. The van der Waals surface area contributed by atoms with Crippen LogP contribution in [0, 0.1) is 0 Å². The van der Waals surface area contributed by atoms with Crippen LogP contribution in [0.5, 0.6) is 0 Å². The smallest absolute Gasteiger partial charge is 0.313 e. The first kappa shape index (κ1) is 19.4. The van der Waals surface area contributed by atoms with E-state index in [-0.39, 0.29) is 11.0 Å². The average Bonchev–Trinajstić information content (AvgIpc) is 3.10. The molecule has 0 spiro atoms. The van der Waals surface area contributed by atoms with Crippen LogP contribution < -0.4 is 5.32 Å². The number of hydrogen-bond acceptors (Lipinski definition) is 1. The van der Waals surface area contributed by atoms with Gasteiger partial charge in [-0.25, -0.2) is 4.39 Å². The highest BCUT2D eigenvalue weighted by Crippen LogP contribution is 2.48. The maximum absolute atomic E-state index is 14.5. The van der Waals surface area contributed by atoms with Gasteiger partial charge in [0, 0.05) is 11.5 Å². The molecular weight excluding hydrogens is 366 g/mol. The molecule has 4 rings (SSSR count). The minimum Gasteiger partial charge on any atom is -0.313 e. The van der Waals surface area contributed by atoms with Crippen LogP contribution in [-0.4, -0.2) is 18.8 Å². The van der Waals surface area contributed by atoms with Crippen molar-refractivity contribution in [1.82, 2.24) is 5.32 Å². The van der Waals surface area contributed by atoms with E-state index in [9.17, 15) is 17.6 Å². The van der Waals surface area contributed by atoms with Crippen LogP contribution in [0.1, 0.15) is 48.4 Å². The highest BCUT2D eigenvalue weighted by molar-refractivity contribution is 5.44. The van der Waals surface area contributed by atoms with Gasteiger partial charge in [0.15, 0.2) is 0 Å². The van der Waals surface area contributed by atoms with Crippen molar-refractivity contribution >= 4 is 0 Å². The first-order valence-corrected chi connectivity index (χ1v) is 9.91. The summed E-state index contributed by atoms with van der Waals surface area (Å²) in [5.41, 5.74) is -0.470. The summed E-state index contributed by atoms with van der Waals surface area (Å²) in [6.45, 7) is 1.52. The predicted octanol–water partition coefficient (Wildman–Crippen LogP) is 5.61. The lowest BCUT2D eigenvalue weighted by molar-refractivity contribution is -0.228. The molecule has 0 saturated carbocycles. The van der Waals surface area contributed by atoms with Crippen molar-refractivity contribution in [3.05, 3.63) is 70.8 Å². The Balaban J connectivity index is 1.69. The molecule has 1 nitrogen and oxygen atoms in total. The number of hydrogen-bond donors (Lipinski definition) is 1. The van der Waals surface area contributed by atoms with E-state index >= 15 is 0 Å². The van der Waals surface area contributed by atoms with Gasteiger partial charge in [0.1, 0.15) is 0 Å². The number of alkyl halides is 4. The standard InChI is InChI=1S/C23H25F4N/c1-21(24,23(25,26)27)18-8-9-19-17(15-18)7-10-20-22(19,13-14-28-20)12-11-16-5-3-2-4-6-16/h2-6,8-9,15,20,28H,7,10-14H2,1H3. The van der Waals surface area contributed by atoms with Crippen molar-refractivity contribution in [2.24, 2.45) is 0 Å². The fourth-order valence-corrected chi connectivity index (χ4v) is 5.03. The summed E-state index contributed by atoms with van der Waals surface area (Å²) in [4.78, 5) is 0. The first-order valence-electron chi connectivity index (χ1n) is 9.91. The molecule has 1 N–H and O–H groups in total. The summed E-state index contributed by atoms with van der Waals surface area (Å²) in [5.74, 6) is 0. The molecule has 3 atom stereocenters. The van der Waals surface area contributed by atoms with E-state index in [1.165, 1.54) is 17.7 Å². The molecule has 2 aromatic carbocycles. The first-order chi connectivity index (χ1) is 13.2. The molecule has 150 valence electrons. The molecule has 2 aliphatic rings. The van der Waals surface area contributed by atoms with E-state index in [1.807, 2.05) is 18.2 Å². The van der Waals surface area contributed by atoms with Crippen molar-refractivity contribution in [2.45, 2.75) is 62.3 Å². The van der Waals surface area contributed by atoms with Crippen LogP contribution in [0.25, 0.3) is 0 Å². The van der Waals surface area contributed by atoms with Crippen molar-refractivity contribution in [3.8, 4) is 0 Å². The van der Waals surface area contributed by atoms with Gasteiger partial charge >= 0.3 is 6.18 Å². The molecule has 0 radical (unpaired) electrons. The second kappa shape index (κ2) is 6.87. The summed E-state index contributed by atoms with van der Waals surface area (Å²) in [6.07, 6.45) is -0.541. The van der Waals surface area contributed by atoms with Gasteiger partial charge in [-0.15, -0.1) is 0 Å². The Kier molecular flexibility index (Phi) is 4.77. The largest absolute Gasteiger partial charge is 0.426 e. The van der Waals surface area contributed by atoms with Gasteiger partial charge in [0.25, 0.3) is 0 Å². The summed E-state index contributed by atoms with van der Waals surface area (Å²) < 4.78 is 54.0. The Morgan fingerprint density at radius 1 is 1.07 bits per heavy atom. The lowest BCUT2D eigenvalue weighted by atomic mass is 9.64. The highest BCUT2D eigenvalue weighted by Gasteiger charge is 2.54. The molecule has 0 bridgehead atoms. The van der Waals surface area contributed by atoms with Crippen LogP contribution in [0.2, 0.25) is 0 Å². The molecule has 28 heavy (non-hydrogen) atoms. The Morgan fingerprint density at radius 2 is 1.82 bits per heavy atom. The minimum absolute atomic E-state index is 0.0904. The second-order valence-electron chi connectivity index (χ2n) is 8.31. The van der Waals surface area contributed by atoms with Crippen LogP contribution >= 0.6 is 0 Å². The Morgan fingerprint density at radius 3 is 2.54 bits per heavy atom. The van der Waals surface area contributed by atoms with Crippen molar-refractivity contribution in [1.29, 1.82) is 0 Å². The summed E-state index contributed by atoms with van der Waals surface area (Å²) in [6, 6.07) is 15.2. The van der Waals surface area contributed by atoms with Gasteiger partial charge in [-0.2, -0.15) is 13.2 Å². The quantitative estimate of drug-likeness (QED) is 0.668. The number of fused-ring (bicyclic) bond motifs is 3. The lowest BCUT2D eigenvalue weighted by Gasteiger charge is -2.42. The minimum atomic E-state index is -4.92. The lowest BCUT2D eigenvalue weighted by Crippen LogP contribution is -2.45. The van der Waals surface area contributed by atoms with Gasteiger partial charge in [-0.1, -0.05) is 48.5 Å². The molecule has 1 aliphatic carbocycles. The van der Waals surface area contributed by atoms with E-state index in [0.717, 1.165) is 43.4 Å². The zero-order valence-electron chi connectivity index (χ0n) is 16.0. The number of benzene rings is 2. The van der Waals surface area contributed by atoms with Gasteiger partial charge in [0.2, 0.25) is 5.67 Å². The highest BCUT2D eigenvalue weighted by atomic mass is 19.4. The normalized spacial score (nSPS) is 26.4. The van der Waals surface area contributed by atoms with Gasteiger partial charge in [-0.05, 0) is 67.8 Å². The van der Waals surface area contributed by atoms with Crippen molar-refractivity contribution in [2.75, 3.05) is 6.54 Å². The zero-order chi connectivity index (χ0) is 20.0. The third-order valence-corrected chi connectivity index (χ3v) is 6.75. The molecule has 2 aromatic rings. The fourth-order valence-electron chi connectivity index (χ4n) is 5.03. The van der Waals surface area contributed by atoms with E-state index in [0.29, 0.717) is 19.4 Å². The maximum atomic E-state index is 14.5. The molecule has 1 fully saturated rings. The molecule has 0 amide bonds. The van der Waals surface area contributed by atoms with Crippen LogP contribution in [0.15, 0.2) is 48.5 Å². The van der Waals surface area contributed by atoms with Gasteiger partial charge < -0.3 is 5.32 Å². The van der Waals surface area contributed by atoms with E-state index < -0.39 is 11.8 Å². The van der Waals surface area contributed by atoms with Crippen molar-refractivity contribution in [3.63, 3.8) is 0 Å². The Hall–Kier alpha value is -1.88. The number of nitrogens with one attached hydrogen (secondary N) is 1. The summed E-state index contributed by atoms with van der Waals surface area (Å²) in [5, 5.41) is 3.59. The Labute approximate surface area is 163 Å². The molecular formula is C23H25F4N. The third kappa shape index (κ3) is 3.14. The third-order valence-electron chi connectivity index (χ3n) is 6.75. The van der Waals surface area contributed by atoms with Crippen LogP contribution in [-0.2, 0) is 23.9 Å². The second-order valence-corrected chi connectivity index (χ2v) is 8.31. The SMILES string of the molecule is CC(F)(c1ccc2c(c1)CCC1NCCC21CCc1ccccc1)C(F)(F)F. The van der Waals surface area contributed by atoms with Gasteiger partial charge in [0.05, 0.1) is 0 Å². The fraction of sp³-hybridized carbons (Fsp3) is 0.478. The monoisotopic (exact) mass is 391 g/mol. The average molecular weight is 391 g/mol. The molecule has 5 heteroatoms. The van der Waals surface area contributed by atoms with E-state index in [1.54, 1.807) is 6.07 Å². The maximum Gasteiger partial charge on any atom is 0.426 e. The topological polar surface area (TPSA) is 12.0 Å². The van der Waals surface area contributed by atoms with Crippen LogP contribution in [0.3, 0.4) is 0 Å². The van der Waals surface area contributed by atoms with E-state index in [2.05, 4.69) is 17.4 Å². The number of aryl methyl sites for hydroxylation is 2. The van der Waals surface area contributed by atoms with Crippen LogP contribution in [0.4, 0.5) is 17.6 Å². The molecule has 3 unspecified atom stereocenters. The summed E-state index contributed by atoms with van der Waals surface area (Å²) in [7, 11) is 0. The molecule has 1 heterocycles. The van der Waals surface area contributed by atoms with Gasteiger partial charge in [-0.3, -0.25) is 0 Å².